The summed E-state index contributed by atoms with van der Waals surface area (Å²) in [6.07, 6.45) is 0. The fourth-order valence-electron chi connectivity index (χ4n) is 0.924. The Morgan fingerprint density at radius 3 is 3.00 bits per heavy atom. The molecule has 0 radical (unpaired) electrons. The van der Waals surface area contributed by atoms with Crippen molar-refractivity contribution in [3.63, 3.8) is 0 Å². The summed E-state index contributed by atoms with van der Waals surface area (Å²) < 4.78 is 5.02. The number of carboxylic acid groups (broad SMARTS) is 1. The lowest BCUT2D eigenvalue weighted by Gasteiger charge is -1.95. The van der Waals surface area contributed by atoms with E-state index in [0.29, 0.717) is 18.8 Å². The Labute approximate surface area is 81.9 Å². The van der Waals surface area contributed by atoms with Crippen LogP contribution in [0, 0.1) is 11.8 Å². The van der Waals surface area contributed by atoms with Crippen LogP contribution in [0.5, 0.6) is 0 Å². The van der Waals surface area contributed by atoms with Crippen molar-refractivity contribution in [2.24, 2.45) is 0 Å². The van der Waals surface area contributed by atoms with Crippen LogP contribution in [0.1, 0.15) is 23.2 Å². The van der Waals surface area contributed by atoms with Crippen molar-refractivity contribution >= 4 is 5.97 Å². The molecule has 1 aromatic heterocycles. The number of hydrogen-bond donors (Lipinski definition) is 2. The van der Waals surface area contributed by atoms with Gasteiger partial charge in [0.05, 0.1) is 13.1 Å². The average molecular weight is 193 g/mol. The number of rotatable bonds is 4. The first-order chi connectivity index (χ1) is 6.74. The number of carboxylic acids is 1. The van der Waals surface area contributed by atoms with Crippen molar-refractivity contribution in [2.45, 2.75) is 13.5 Å². The van der Waals surface area contributed by atoms with Gasteiger partial charge >= 0.3 is 5.97 Å². The number of aromatic carboxylic acids is 1. The van der Waals surface area contributed by atoms with E-state index in [4.69, 9.17) is 9.52 Å². The molecule has 1 rings (SSSR count). The zero-order valence-corrected chi connectivity index (χ0v) is 7.83. The molecule has 0 unspecified atom stereocenters. The van der Waals surface area contributed by atoms with Gasteiger partial charge < -0.3 is 9.52 Å². The van der Waals surface area contributed by atoms with E-state index in [1.165, 1.54) is 6.07 Å². The van der Waals surface area contributed by atoms with Crippen molar-refractivity contribution in [1.82, 2.24) is 5.32 Å². The molecule has 0 spiro atoms. The van der Waals surface area contributed by atoms with Crippen LogP contribution < -0.4 is 5.32 Å². The lowest BCUT2D eigenvalue weighted by Crippen LogP contribution is -2.12. The number of nitrogens with one attached hydrogen (secondary N) is 1. The third-order valence-corrected chi connectivity index (χ3v) is 1.56. The van der Waals surface area contributed by atoms with Crippen molar-refractivity contribution in [1.29, 1.82) is 0 Å². The first kappa shape index (κ1) is 10.4. The zero-order chi connectivity index (χ0) is 10.4. The molecule has 4 nitrogen and oxygen atoms in total. The molecule has 14 heavy (non-hydrogen) atoms. The lowest BCUT2D eigenvalue weighted by atomic mass is 10.4. The highest BCUT2D eigenvalue weighted by atomic mass is 16.4. The molecule has 0 aromatic carbocycles. The van der Waals surface area contributed by atoms with Crippen LogP contribution >= 0.6 is 0 Å². The molecule has 2 N–H and O–H groups in total. The molecule has 0 aliphatic carbocycles. The summed E-state index contributed by atoms with van der Waals surface area (Å²) in [6.45, 7) is 2.82. The molecule has 0 saturated heterocycles. The molecule has 0 atom stereocenters. The second-order valence-electron chi connectivity index (χ2n) is 2.60. The molecular weight excluding hydrogens is 182 g/mol. The summed E-state index contributed by atoms with van der Waals surface area (Å²) in [5.74, 6) is 5.08. The molecule has 1 heterocycles. The summed E-state index contributed by atoms with van der Waals surface area (Å²) in [5.41, 5.74) is 0. The zero-order valence-electron chi connectivity index (χ0n) is 7.83. The van der Waals surface area contributed by atoms with Gasteiger partial charge in [0.25, 0.3) is 0 Å². The van der Waals surface area contributed by atoms with Gasteiger partial charge in [-0.1, -0.05) is 5.92 Å². The minimum Gasteiger partial charge on any atom is -0.475 e. The van der Waals surface area contributed by atoms with E-state index in [9.17, 15) is 4.79 Å². The number of furan rings is 1. The van der Waals surface area contributed by atoms with Gasteiger partial charge in [0, 0.05) is 0 Å². The van der Waals surface area contributed by atoms with E-state index in [0.717, 1.165) is 0 Å². The molecular formula is C10H11NO3. The molecule has 1 aromatic rings. The molecule has 0 amide bonds. The summed E-state index contributed by atoms with van der Waals surface area (Å²) >= 11 is 0. The van der Waals surface area contributed by atoms with E-state index < -0.39 is 5.97 Å². The van der Waals surface area contributed by atoms with E-state index in [1.807, 2.05) is 0 Å². The summed E-state index contributed by atoms with van der Waals surface area (Å²) in [4.78, 5) is 10.5. The van der Waals surface area contributed by atoms with Crippen molar-refractivity contribution < 1.29 is 14.3 Å². The quantitative estimate of drug-likeness (QED) is 0.555. The maximum Gasteiger partial charge on any atom is 0.371 e. The maximum atomic E-state index is 10.5. The molecule has 0 saturated carbocycles. The maximum absolute atomic E-state index is 10.5. The van der Waals surface area contributed by atoms with E-state index >= 15 is 0 Å². The third kappa shape index (κ3) is 2.96. The molecule has 4 heteroatoms. The standard InChI is InChI=1S/C10H11NO3/c1-2-3-6-11-7-8-4-5-9(14-8)10(12)13/h4-5,11H,6-7H2,1H3,(H,12,13). The second-order valence-corrected chi connectivity index (χ2v) is 2.60. The van der Waals surface area contributed by atoms with Crippen molar-refractivity contribution in [3.8, 4) is 11.8 Å². The first-order valence-corrected chi connectivity index (χ1v) is 4.16. The Balaban J connectivity index is 2.42. The van der Waals surface area contributed by atoms with Gasteiger partial charge in [-0.15, -0.1) is 5.92 Å². The van der Waals surface area contributed by atoms with Crippen LogP contribution in [0.15, 0.2) is 16.5 Å². The molecule has 0 bridgehead atoms. The van der Waals surface area contributed by atoms with Crippen LogP contribution in [0.3, 0.4) is 0 Å². The Morgan fingerprint density at radius 1 is 1.64 bits per heavy atom. The topological polar surface area (TPSA) is 62.5 Å². The van der Waals surface area contributed by atoms with Crippen molar-refractivity contribution in [3.05, 3.63) is 23.7 Å². The predicted octanol–water partition coefficient (Wildman–Crippen LogP) is 1.09. The number of carbonyl (C=O) groups is 1. The van der Waals surface area contributed by atoms with Crippen LogP contribution in [0.2, 0.25) is 0 Å². The molecule has 74 valence electrons. The highest BCUT2D eigenvalue weighted by Gasteiger charge is 2.07. The van der Waals surface area contributed by atoms with Crippen LogP contribution in [0.25, 0.3) is 0 Å². The van der Waals surface area contributed by atoms with Gasteiger partial charge in [-0.05, 0) is 19.1 Å². The third-order valence-electron chi connectivity index (χ3n) is 1.56. The smallest absolute Gasteiger partial charge is 0.371 e. The average Bonchev–Trinajstić information content (AvgIpc) is 2.61. The molecule has 0 aliphatic rings. The van der Waals surface area contributed by atoms with Crippen LogP contribution in [-0.4, -0.2) is 17.6 Å². The van der Waals surface area contributed by atoms with Gasteiger partial charge in [0.1, 0.15) is 5.76 Å². The monoisotopic (exact) mass is 193 g/mol. The summed E-state index contributed by atoms with van der Waals surface area (Å²) in [6, 6.07) is 3.07. The largest absolute Gasteiger partial charge is 0.475 e. The summed E-state index contributed by atoms with van der Waals surface area (Å²) in [5, 5.41) is 11.6. The Kier molecular flexibility index (Phi) is 3.77. The number of hydrogen-bond acceptors (Lipinski definition) is 3. The van der Waals surface area contributed by atoms with Gasteiger partial charge in [0.2, 0.25) is 5.76 Å². The fraction of sp³-hybridized carbons (Fsp3) is 0.300. The van der Waals surface area contributed by atoms with E-state index in [-0.39, 0.29) is 5.76 Å². The lowest BCUT2D eigenvalue weighted by molar-refractivity contribution is 0.0660. The fourth-order valence-corrected chi connectivity index (χ4v) is 0.924. The normalized spacial score (nSPS) is 9.21. The SMILES string of the molecule is CC#CCNCc1ccc(C(=O)O)o1. The Morgan fingerprint density at radius 2 is 2.43 bits per heavy atom. The van der Waals surface area contributed by atoms with Crippen LogP contribution in [0.4, 0.5) is 0 Å². The van der Waals surface area contributed by atoms with Gasteiger partial charge in [-0.25, -0.2) is 4.79 Å². The summed E-state index contributed by atoms with van der Waals surface area (Å²) in [7, 11) is 0. The van der Waals surface area contributed by atoms with E-state index in [2.05, 4.69) is 17.2 Å². The van der Waals surface area contributed by atoms with Gasteiger partial charge in [-0.2, -0.15) is 0 Å². The molecule has 0 fully saturated rings. The Bertz CT molecular complexity index is 370. The second kappa shape index (κ2) is 5.10. The molecule has 0 aliphatic heterocycles. The first-order valence-electron chi connectivity index (χ1n) is 4.16. The van der Waals surface area contributed by atoms with Crippen LogP contribution in [-0.2, 0) is 6.54 Å². The Hall–Kier alpha value is -1.73. The van der Waals surface area contributed by atoms with E-state index in [1.54, 1.807) is 13.0 Å². The van der Waals surface area contributed by atoms with Gasteiger partial charge in [0.15, 0.2) is 0 Å². The highest BCUT2D eigenvalue weighted by Crippen LogP contribution is 2.06. The van der Waals surface area contributed by atoms with Gasteiger partial charge in [-0.3, -0.25) is 5.32 Å². The highest BCUT2D eigenvalue weighted by molar-refractivity contribution is 5.84. The minimum absolute atomic E-state index is 0.0385. The van der Waals surface area contributed by atoms with Crippen molar-refractivity contribution in [2.75, 3.05) is 6.54 Å². The minimum atomic E-state index is -1.05. The predicted molar refractivity (Wildman–Crippen MR) is 50.8 cm³/mol.